The van der Waals surface area contributed by atoms with Crippen molar-refractivity contribution >= 4 is 5.82 Å². The quantitative estimate of drug-likeness (QED) is 0.571. The van der Waals surface area contributed by atoms with Gasteiger partial charge in [0, 0.05) is 0 Å². The summed E-state index contributed by atoms with van der Waals surface area (Å²) in [6.45, 7) is 6.11. The van der Waals surface area contributed by atoms with Crippen molar-refractivity contribution in [2.24, 2.45) is 0 Å². The van der Waals surface area contributed by atoms with Crippen molar-refractivity contribution in [1.29, 1.82) is 0 Å². The zero-order valence-electron chi connectivity index (χ0n) is 8.36. The molecule has 0 radical (unpaired) electrons. The Morgan fingerprint density at radius 3 is 3.07 bits per heavy atom. The van der Waals surface area contributed by atoms with Crippen LogP contribution in [0, 0.1) is 6.92 Å². The summed E-state index contributed by atoms with van der Waals surface area (Å²) in [6.07, 6.45) is 5.15. The second-order valence-electron chi connectivity index (χ2n) is 2.97. The van der Waals surface area contributed by atoms with E-state index in [4.69, 9.17) is 10.5 Å². The molecule has 0 spiro atoms. The van der Waals surface area contributed by atoms with E-state index in [9.17, 15) is 0 Å². The third-order valence-electron chi connectivity index (χ3n) is 1.87. The number of nitrogens with zero attached hydrogens (tertiary/aromatic N) is 2. The molecule has 0 unspecified atom stereocenters. The van der Waals surface area contributed by atoms with Crippen LogP contribution >= 0.6 is 0 Å². The van der Waals surface area contributed by atoms with E-state index in [1.807, 2.05) is 13.0 Å². The molecule has 0 aliphatic carbocycles. The lowest BCUT2D eigenvalue weighted by Crippen LogP contribution is -2.03. The number of hydrogen-bond acceptors (Lipinski definition) is 4. The van der Waals surface area contributed by atoms with Gasteiger partial charge in [-0.2, -0.15) is 0 Å². The first-order valence-electron chi connectivity index (χ1n) is 4.56. The summed E-state index contributed by atoms with van der Waals surface area (Å²) in [4.78, 5) is 7.85. The summed E-state index contributed by atoms with van der Waals surface area (Å²) in [5.74, 6) is 1.04. The SMILES string of the molecule is C=CCCCOc1ncnc(N)c1C. The molecule has 0 bridgehead atoms. The Morgan fingerprint density at radius 1 is 1.57 bits per heavy atom. The van der Waals surface area contributed by atoms with Crippen molar-refractivity contribution in [3.63, 3.8) is 0 Å². The number of ether oxygens (including phenoxy) is 1. The molecule has 0 fully saturated rings. The molecule has 14 heavy (non-hydrogen) atoms. The molecule has 0 aromatic carbocycles. The molecular formula is C10H15N3O. The van der Waals surface area contributed by atoms with Crippen LogP contribution in [0.25, 0.3) is 0 Å². The van der Waals surface area contributed by atoms with Crippen molar-refractivity contribution in [3.8, 4) is 5.88 Å². The van der Waals surface area contributed by atoms with Gasteiger partial charge in [0.15, 0.2) is 0 Å². The highest BCUT2D eigenvalue weighted by Crippen LogP contribution is 2.17. The van der Waals surface area contributed by atoms with Crippen LogP contribution in [-0.4, -0.2) is 16.6 Å². The molecule has 0 atom stereocenters. The molecule has 0 amide bonds. The first kappa shape index (κ1) is 10.5. The molecule has 1 heterocycles. The van der Waals surface area contributed by atoms with Gasteiger partial charge in [-0.3, -0.25) is 0 Å². The van der Waals surface area contributed by atoms with Gasteiger partial charge in [-0.05, 0) is 19.8 Å². The first-order valence-corrected chi connectivity index (χ1v) is 4.56. The lowest BCUT2D eigenvalue weighted by molar-refractivity contribution is 0.298. The molecule has 1 aromatic heterocycles. The number of nitrogens with two attached hydrogens (primary N) is 1. The van der Waals surface area contributed by atoms with E-state index in [2.05, 4.69) is 16.5 Å². The van der Waals surface area contributed by atoms with Crippen LogP contribution in [0.4, 0.5) is 5.82 Å². The van der Waals surface area contributed by atoms with E-state index in [0.29, 0.717) is 18.3 Å². The Kier molecular flexibility index (Phi) is 3.91. The average Bonchev–Trinajstić information content (AvgIpc) is 2.19. The second kappa shape index (κ2) is 5.21. The largest absolute Gasteiger partial charge is 0.477 e. The minimum absolute atomic E-state index is 0.471. The van der Waals surface area contributed by atoms with Crippen LogP contribution in [0.3, 0.4) is 0 Å². The molecule has 0 aliphatic rings. The zero-order chi connectivity index (χ0) is 10.4. The van der Waals surface area contributed by atoms with Gasteiger partial charge in [0.1, 0.15) is 12.1 Å². The van der Waals surface area contributed by atoms with Gasteiger partial charge >= 0.3 is 0 Å². The van der Waals surface area contributed by atoms with Gasteiger partial charge in [-0.15, -0.1) is 6.58 Å². The smallest absolute Gasteiger partial charge is 0.221 e. The Balaban J connectivity index is 2.50. The predicted molar refractivity (Wildman–Crippen MR) is 56.1 cm³/mol. The maximum absolute atomic E-state index is 5.60. The number of allylic oxidation sites excluding steroid dienone is 1. The van der Waals surface area contributed by atoms with Gasteiger partial charge in [-0.25, -0.2) is 9.97 Å². The fourth-order valence-electron chi connectivity index (χ4n) is 0.989. The fraction of sp³-hybridized carbons (Fsp3) is 0.400. The summed E-state index contributed by atoms with van der Waals surface area (Å²) in [5, 5.41) is 0. The number of rotatable bonds is 5. The molecule has 4 nitrogen and oxygen atoms in total. The first-order chi connectivity index (χ1) is 6.75. The number of hydrogen-bond donors (Lipinski definition) is 1. The van der Waals surface area contributed by atoms with Gasteiger partial charge in [0.2, 0.25) is 5.88 Å². The van der Waals surface area contributed by atoms with E-state index in [1.54, 1.807) is 0 Å². The van der Waals surface area contributed by atoms with Crippen molar-refractivity contribution in [2.45, 2.75) is 19.8 Å². The predicted octanol–water partition coefficient (Wildman–Crippen LogP) is 1.71. The van der Waals surface area contributed by atoms with Crippen molar-refractivity contribution in [1.82, 2.24) is 9.97 Å². The maximum Gasteiger partial charge on any atom is 0.221 e. The van der Waals surface area contributed by atoms with Crippen molar-refractivity contribution < 1.29 is 4.74 Å². The van der Waals surface area contributed by atoms with Gasteiger partial charge in [0.05, 0.1) is 12.2 Å². The summed E-state index contributed by atoms with van der Waals surface area (Å²) in [5.41, 5.74) is 6.40. The highest BCUT2D eigenvalue weighted by Gasteiger charge is 2.04. The Hall–Kier alpha value is -1.58. The fourth-order valence-corrected chi connectivity index (χ4v) is 0.989. The molecule has 0 aliphatic heterocycles. The third-order valence-corrected chi connectivity index (χ3v) is 1.87. The summed E-state index contributed by atoms with van der Waals surface area (Å²) in [7, 11) is 0. The Bertz CT molecular complexity index is 312. The number of aromatic nitrogens is 2. The maximum atomic E-state index is 5.60. The van der Waals surface area contributed by atoms with Crippen LogP contribution in [0.15, 0.2) is 19.0 Å². The van der Waals surface area contributed by atoms with E-state index in [-0.39, 0.29) is 0 Å². The van der Waals surface area contributed by atoms with Crippen molar-refractivity contribution in [3.05, 3.63) is 24.5 Å². The Morgan fingerprint density at radius 2 is 2.36 bits per heavy atom. The number of anilines is 1. The lowest BCUT2D eigenvalue weighted by atomic mass is 10.3. The van der Waals surface area contributed by atoms with Crippen LogP contribution in [0.2, 0.25) is 0 Å². The summed E-state index contributed by atoms with van der Waals surface area (Å²) in [6, 6.07) is 0. The monoisotopic (exact) mass is 193 g/mol. The van der Waals surface area contributed by atoms with E-state index in [0.717, 1.165) is 18.4 Å². The lowest BCUT2D eigenvalue weighted by Gasteiger charge is -2.07. The molecule has 1 rings (SSSR count). The van der Waals surface area contributed by atoms with E-state index >= 15 is 0 Å². The molecule has 2 N–H and O–H groups in total. The zero-order valence-corrected chi connectivity index (χ0v) is 8.36. The second-order valence-corrected chi connectivity index (χ2v) is 2.97. The summed E-state index contributed by atoms with van der Waals surface area (Å²) < 4.78 is 5.44. The average molecular weight is 193 g/mol. The minimum Gasteiger partial charge on any atom is -0.477 e. The highest BCUT2D eigenvalue weighted by atomic mass is 16.5. The minimum atomic E-state index is 0.471. The molecular weight excluding hydrogens is 178 g/mol. The molecule has 0 saturated heterocycles. The van der Waals surface area contributed by atoms with E-state index < -0.39 is 0 Å². The molecule has 1 aromatic rings. The van der Waals surface area contributed by atoms with Crippen LogP contribution in [0.1, 0.15) is 18.4 Å². The van der Waals surface area contributed by atoms with Crippen LogP contribution < -0.4 is 10.5 Å². The van der Waals surface area contributed by atoms with Gasteiger partial charge < -0.3 is 10.5 Å². The van der Waals surface area contributed by atoms with Crippen LogP contribution in [-0.2, 0) is 0 Å². The van der Waals surface area contributed by atoms with Gasteiger partial charge in [-0.1, -0.05) is 6.08 Å². The molecule has 76 valence electrons. The van der Waals surface area contributed by atoms with Crippen molar-refractivity contribution in [2.75, 3.05) is 12.3 Å². The highest BCUT2D eigenvalue weighted by molar-refractivity contribution is 5.42. The third kappa shape index (κ3) is 2.73. The normalized spacial score (nSPS) is 9.79. The molecule has 0 saturated carbocycles. The number of nitrogen functional groups attached to an aromatic ring is 1. The molecule has 4 heteroatoms. The topological polar surface area (TPSA) is 61.0 Å². The standard InChI is InChI=1S/C10H15N3O/c1-3-4-5-6-14-10-8(2)9(11)12-7-13-10/h3,7H,1,4-6H2,2H3,(H2,11,12,13). The summed E-state index contributed by atoms with van der Waals surface area (Å²) >= 11 is 0. The van der Waals surface area contributed by atoms with E-state index in [1.165, 1.54) is 6.33 Å². The number of unbranched alkanes of at least 4 members (excludes halogenated alkanes) is 1. The van der Waals surface area contributed by atoms with Gasteiger partial charge in [0.25, 0.3) is 0 Å². The Labute approximate surface area is 83.8 Å². The van der Waals surface area contributed by atoms with Crippen LogP contribution in [0.5, 0.6) is 5.88 Å².